The second kappa shape index (κ2) is 7.60. The maximum atomic E-state index is 13.1. The van der Waals surface area contributed by atoms with Crippen LogP contribution in [-0.2, 0) is 4.74 Å². The van der Waals surface area contributed by atoms with Gasteiger partial charge >= 0.3 is 12.3 Å². The Balaban J connectivity index is 2.10. The van der Waals surface area contributed by atoms with Crippen molar-refractivity contribution in [1.82, 2.24) is 0 Å². The van der Waals surface area contributed by atoms with E-state index >= 15 is 0 Å². The van der Waals surface area contributed by atoms with Gasteiger partial charge in [0.1, 0.15) is 5.75 Å². The summed E-state index contributed by atoms with van der Waals surface area (Å²) in [6.07, 6.45) is -5.89. The molecule has 3 nitrogen and oxygen atoms in total. The van der Waals surface area contributed by atoms with Crippen LogP contribution in [0.2, 0.25) is 0 Å². The van der Waals surface area contributed by atoms with Crippen LogP contribution in [0.1, 0.15) is 35.4 Å². The van der Waals surface area contributed by atoms with Crippen molar-refractivity contribution in [1.29, 1.82) is 0 Å². The van der Waals surface area contributed by atoms with Crippen molar-refractivity contribution in [3.05, 3.63) is 65.2 Å². The first-order valence-electron chi connectivity index (χ1n) is 7.21. The van der Waals surface area contributed by atoms with Crippen LogP contribution in [0.4, 0.5) is 22.0 Å². The molecule has 0 radical (unpaired) electrons. The Morgan fingerprint density at radius 1 is 1.04 bits per heavy atom. The van der Waals surface area contributed by atoms with Crippen molar-refractivity contribution in [2.24, 2.45) is 0 Å². The summed E-state index contributed by atoms with van der Waals surface area (Å²) in [6.45, 7) is 1.53. The topological polar surface area (TPSA) is 35.5 Å². The van der Waals surface area contributed by atoms with Gasteiger partial charge in [0.15, 0.2) is 11.6 Å². The molecule has 0 aliphatic carbocycles. The summed E-state index contributed by atoms with van der Waals surface area (Å²) in [4.78, 5) is 11.9. The lowest BCUT2D eigenvalue weighted by Gasteiger charge is -2.18. The summed E-state index contributed by atoms with van der Waals surface area (Å²) in [5.41, 5.74) is 0.277. The minimum atomic E-state index is -4.77. The van der Waals surface area contributed by atoms with Crippen LogP contribution in [0.15, 0.2) is 42.5 Å². The molecule has 2 rings (SSSR count). The highest BCUT2D eigenvalue weighted by Gasteiger charge is 2.33. The van der Waals surface area contributed by atoms with E-state index in [1.165, 1.54) is 31.2 Å². The highest BCUT2D eigenvalue weighted by molar-refractivity contribution is 5.91. The van der Waals surface area contributed by atoms with Gasteiger partial charge in [0.25, 0.3) is 0 Å². The van der Waals surface area contributed by atoms with E-state index in [-0.39, 0.29) is 23.3 Å². The van der Waals surface area contributed by atoms with Crippen LogP contribution in [0.3, 0.4) is 0 Å². The average molecular weight is 360 g/mol. The molecule has 0 fully saturated rings. The maximum Gasteiger partial charge on any atom is 0.523 e. The molecule has 0 spiro atoms. The zero-order valence-corrected chi connectivity index (χ0v) is 12.9. The first-order valence-corrected chi connectivity index (χ1v) is 7.21. The fourth-order valence-electron chi connectivity index (χ4n) is 2.09. The van der Waals surface area contributed by atoms with Crippen LogP contribution >= 0.6 is 0 Å². The van der Waals surface area contributed by atoms with E-state index in [0.717, 1.165) is 12.1 Å². The van der Waals surface area contributed by atoms with Gasteiger partial charge in [-0.2, -0.15) is 0 Å². The van der Waals surface area contributed by atoms with Crippen LogP contribution in [0, 0.1) is 11.6 Å². The van der Waals surface area contributed by atoms with Crippen molar-refractivity contribution in [3.8, 4) is 5.75 Å². The van der Waals surface area contributed by atoms with Gasteiger partial charge in [-0.15, -0.1) is 13.2 Å². The zero-order chi connectivity index (χ0) is 18.6. The summed E-state index contributed by atoms with van der Waals surface area (Å²) >= 11 is 0. The van der Waals surface area contributed by atoms with Crippen molar-refractivity contribution in [2.75, 3.05) is 0 Å². The number of benzene rings is 2. The number of halogens is 5. The first kappa shape index (κ1) is 18.9. The molecule has 0 saturated carbocycles. The molecule has 2 aromatic rings. The molecule has 0 bridgehead atoms. The number of carbonyl (C=O) groups excluding carboxylic acids is 1. The van der Waals surface area contributed by atoms with Crippen LogP contribution in [-0.4, -0.2) is 12.3 Å². The second-order valence-electron chi connectivity index (χ2n) is 5.05. The first-order chi connectivity index (χ1) is 11.7. The van der Waals surface area contributed by atoms with Gasteiger partial charge in [-0.25, -0.2) is 13.6 Å². The van der Waals surface area contributed by atoms with Gasteiger partial charge in [-0.05, 0) is 36.2 Å². The number of ether oxygens (including phenoxy) is 2. The lowest BCUT2D eigenvalue weighted by Crippen LogP contribution is -2.18. The smallest absolute Gasteiger partial charge is 0.423 e. The molecule has 134 valence electrons. The van der Waals surface area contributed by atoms with E-state index in [1.807, 2.05) is 0 Å². The minimum Gasteiger partial charge on any atom is -0.423 e. The molecule has 1 unspecified atom stereocenters. The van der Waals surface area contributed by atoms with E-state index in [2.05, 4.69) is 4.74 Å². The molecule has 25 heavy (non-hydrogen) atoms. The molecule has 0 N–H and O–H groups in total. The Hall–Kier alpha value is -2.48. The Kier molecular flexibility index (Phi) is 5.73. The fraction of sp³-hybridized carbons (Fsp3) is 0.235. The van der Waals surface area contributed by atoms with Crippen molar-refractivity contribution in [2.45, 2.75) is 25.8 Å². The van der Waals surface area contributed by atoms with Crippen LogP contribution < -0.4 is 4.74 Å². The normalized spacial score (nSPS) is 12.7. The molecule has 0 aromatic heterocycles. The lowest BCUT2D eigenvalue weighted by molar-refractivity contribution is -0.345. The molecule has 0 aliphatic heterocycles. The highest BCUT2D eigenvalue weighted by Crippen LogP contribution is 2.30. The van der Waals surface area contributed by atoms with E-state index in [0.29, 0.717) is 6.07 Å². The largest absolute Gasteiger partial charge is 0.523 e. The third kappa shape index (κ3) is 5.25. The molecule has 0 saturated heterocycles. The number of hydrogen-bond acceptors (Lipinski definition) is 3. The lowest BCUT2D eigenvalue weighted by atomic mass is 10.1. The Labute approximate surface area is 140 Å². The van der Waals surface area contributed by atoms with Crippen molar-refractivity contribution < 1.29 is 36.2 Å². The second-order valence-corrected chi connectivity index (χ2v) is 5.05. The standard InChI is InChI=1S/C17H13F5O3/c1-2-15(25-17(20,21)22)10-3-5-11(6-4-10)16(23)24-12-7-8-13(18)14(19)9-12/h3-9,15H,2H2,1H3. The van der Waals surface area contributed by atoms with Crippen molar-refractivity contribution in [3.63, 3.8) is 0 Å². The molecule has 1 atom stereocenters. The Morgan fingerprint density at radius 2 is 1.68 bits per heavy atom. The monoisotopic (exact) mass is 360 g/mol. The predicted octanol–water partition coefficient (Wildman–Crippen LogP) is 5.17. The maximum absolute atomic E-state index is 13.1. The number of alkyl halides is 3. The van der Waals surface area contributed by atoms with Gasteiger partial charge in [-0.1, -0.05) is 19.1 Å². The zero-order valence-electron chi connectivity index (χ0n) is 12.9. The molecule has 0 amide bonds. The highest BCUT2D eigenvalue weighted by atomic mass is 19.4. The van der Waals surface area contributed by atoms with Gasteiger partial charge < -0.3 is 4.74 Å². The Bertz CT molecular complexity index is 741. The predicted molar refractivity (Wildman–Crippen MR) is 77.9 cm³/mol. The fourth-order valence-corrected chi connectivity index (χ4v) is 2.09. The average Bonchev–Trinajstić information content (AvgIpc) is 2.55. The van der Waals surface area contributed by atoms with Crippen LogP contribution in [0.5, 0.6) is 5.75 Å². The minimum absolute atomic E-state index is 0.0374. The molecule has 0 heterocycles. The summed E-state index contributed by atoms with van der Waals surface area (Å²) in [5.74, 6) is -3.31. The summed E-state index contributed by atoms with van der Waals surface area (Å²) in [7, 11) is 0. The Morgan fingerprint density at radius 3 is 2.20 bits per heavy atom. The summed E-state index contributed by atoms with van der Waals surface area (Å²) < 4.78 is 71.8. The van der Waals surface area contributed by atoms with E-state index in [9.17, 15) is 26.7 Å². The van der Waals surface area contributed by atoms with Gasteiger partial charge in [0.05, 0.1) is 11.7 Å². The molecule has 2 aromatic carbocycles. The van der Waals surface area contributed by atoms with Crippen molar-refractivity contribution >= 4 is 5.97 Å². The van der Waals surface area contributed by atoms with Gasteiger partial charge in [0, 0.05) is 6.07 Å². The summed E-state index contributed by atoms with van der Waals surface area (Å²) in [6, 6.07) is 7.74. The quantitative estimate of drug-likeness (QED) is 0.419. The number of rotatable bonds is 5. The van der Waals surface area contributed by atoms with Gasteiger partial charge in [-0.3, -0.25) is 4.74 Å². The van der Waals surface area contributed by atoms with E-state index < -0.39 is 30.1 Å². The molecule has 8 heteroatoms. The van der Waals surface area contributed by atoms with Crippen LogP contribution in [0.25, 0.3) is 0 Å². The number of esters is 1. The number of hydrogen-bond donors (Lipinski definition) is 0. The van der Waals surface area contributed by atoms with E-state index in [1.54, 1.807) is 0 Å². The SMILES string of the molecule is CCC(OC(F)(F)F)c1ccc(C(=O)Oc2ccc(F)c(F)c2)cc1. The third-order valence-corrected chi connectivity index (χ3v) is 3.27. The summed E-state index contributed by atoms with van der Waals surface area (Å²) in [5, 5.41) is 0. The third-order valence-electron chi connectivity index (χ3n) is 3.27. The molecule has 0 aliphatic rings. The number of carbonyl (C=O) groups is 1. The van der Waals surface area contributed by atoms with Gasteiger partial charge in [0.2, 0.25) is 0 Å². The molecular formula is C17H13F5O3. The van der Waals surface area contributed by atoms with E-state index in [4.69, 9.17) is 4.74 Å². The molecular weight excluding hydrogens is 347 g/mol.